The smallest absolute Gasteiger partial charge is 0.0544 e. The molecular formula is C30H32N2. The molecule has 0 aliphatic carbocycles. The number of hydrogen-bond donors (Lipinski definition) is 2. The number of rotatable bonds is 1. The topological polar surface area (TPSA) is 41.8 Å². The molecule has 2 heteroatoms. The summed E-state index contributed by atoms with van der Waals surface area (Å²) >= 11 is 0. The minimum Gasteiger partial charge on any atom is -0.398 e. The average Bonchev–Trinajstić information content (AvgIpc) is 3.10. The zero-order valence-electron chi connectivity index (χ0n) is 19.9. The third-order valence-electron chi connectivity index (χ3n) is 6.69. The summed E-state index contributed by atoms with van der Waals surface area (Å²) in [7, 11) is 0. The number of fused-ring (bicyclic) bond motifs is 4. The monoisotopic (exact) mass is 420 g/mol. The van der Waals surface area contributed by atoms with Crippen molar-refractivity contribution in [2.75, 3.05) is 5.73 Å². The van der Waals surface area contributed by atoms with Crippen LogP contribution >= 0.6 is 0 Å². The van der Waals surface area contributed by atoms with Crippen molar-refractivity contribution in [3.63, 3.8) is 0 Å². The highest BCUT2D eigenvalue weighted by molar-refractivity contribution is 6.15. The predicted molar refractivity (Wildman–Crippen MR) is 141 cm³/mol. The van der Waals surface area contributed by atoms with Crippen LogP contribution in [-0.4, -0.2) is 4.98 Å². The lowest BCUT2D eigenvalue weighted by atomic mass is 9.83. The fraction of sp³-hybridized carbons (Fsp3) is 0.267. The van der Waals surface area contributed by atoms with Gasteiger partial charge in [-0.3, -0.25) is 0 Å². The van der Waals surface area contributed by atoms with Gasteiger partial charge in [-0.25, -0.2) is 0 Å². The number of H-pyrrole nitrogens is 1. The van der Waals surface area contributed by atoms with Crippen molar-refractivity contribution in [2.24, 2.45) is 0 Å². The van der Waals surface area contributed by atoms with Gasteiger partial charge < -0.3 is 10.7 Å². The summed E-state index contributed by atoms with van der Waals surface area (Å²) in [4.78, 5) is 3.75. The van der Waals surface area contributed by atoms with Gasteiger partial charge >= 0.3 is 0 Å². The van der Waals surface area contributed by atoms with Gasteiger partial charge in [0.1, 0.15) is 0 Å². The molecule has 0 aliphatic heterocycles. The fourth-order valence-electron chi connectivity index (χ4n) is 4.67. The summed E-state index contributed by atoms with van der Waals surface area (Å²) in [5.41, 5.74) is 14.8. The standard InChI is InChI=1S/C30H32N2/c1-29(2,3)18-11-14-27-23(15-18)25-17-19(30(4,5)6)16-24(28(25)32-27)21-12-13-26(31)22-10-8-7-9-20(21)22/h7-17,32H,31H2,1-6H3. The third-order valence-corrected chi connectivity index (χ3v) is 6.69. The lowest BCUT2D eigenvalue weighted by molar-refractivity contribution is 0.590. The number of anilines is 1. The van der Waals surface area contributed by atoms with Gasteiger partial charge in [-0.05, 0) is 63.2 Å². The van der Waals surface area contributed by atoms with Crippen molar-refractivity contribution < 1.29 is 0 Å². The van der Waals surface area contributed by atoms with E-state index in [1.165, 1.54) is 49.4 Å². The van der Waals surface area contributed by atoms with Gasteiger partial charge in [0.15, 0.2) is 0 Å². The van der Waals surface area contributed by atoms with Crippen LogP contribution < -0.4 is 5.73 Å². The Morgan fingerprint density at radius 1 is 0.594 bits per heavy atom. The number of benzene rings is 4. The summed E-state index contributed by atoms with van der Waals surface area (Å²) in [5.74, 6) is 0. The molecule has 162 valence electrons. The normalized spacial score (nSPS) is 12.8. The minimum atomic E-state index is 0.0395. The number of hydrogen-bond acceptors (Lipinski definition) is 1. The zero-order chi connectivity index (χ0) is 22.8. The first kappa shape index (κ1) is 20.6. The third kappa shape index (κ3) is 3.26. The Labute approximate surface area is 190 Å². The highest BCUT2D eigenvalue weighted by Gasteiger charge is 2.21. The Morgan fingerprint density at radius 2 is 1.25 bits per heavy atom. The molecule has 0 bridgehead atoms. The van der Waals surface area contributed by atoms with E-state index in [0.29, 0.717) is 0 Å². The molecule has 0 saturated heterocycles. The molecule has 1 heterocycles. The largest absolute Gasteiger partial charge is 0.398 e. The SMILES string of the molecule is CC(C)(C)c1ccc2[nH]c3c(-c4ccc(N)c5ccccc45)cc(C(C)(C)C)cc3c2c1. The summed E-state index contributed by atoms with van der Waals surface area (Å²) in [6.45, 7) is 13.7. The first-order valence-corrected chi connectivity index (χ1v) is 11.4. The fourth-order valence-corrected chi connectivity index (χ4v) is 4.67. The van der Waals surface area contributed by atoms with E-state index in [-0.39, 0.29) is 10.8 Å². The number of nitrogen functional groups attached to an aromatic ring is 1. The zero-order valence-corrected chi connectivity index (χ0v) is 19.9. The highest BCUT2D eigenvalue weighted by atomic mass is 14.7. The molecule has 0 aliphatic rings. The Morgan fingerprint density at radius 3 is 1.94 bits per heavy atom. The second-order valence-electron chi connectivity index (χ2n) is 11.1. The molecule has 0 saturated carbocycles. The maximum absolute atomic E-state index is 6.33. The predicted octanol–water partition coefficient (Wildman–Crippen LogP) is 8.32. The molecule has 0 spiro atoms. The van der Waals surface area contributed by atoms with Crippen LogP contribution in [0.25, 0.3) is 43.7 Å². The number of aromatic nitrogens is 1. The van der Waals surface area contributed by atoms with Crippen molar-refractivity contribution >= 4 is 38.3 Å². The molecule has 3 N–H and O–H groups in total. The van der Waals surface area contributed by atoms with Crippen molar-refractivity contribution in [3.8, 4) is 11.1 Å². The molecule has 0 amide bonds. The van der Waals surface area contributed by atoms with E-state index in [1.807, 2.05) is 6.07 Å². The van der Waals surface area contributed by atoms with Crippen LogP contribution in [0.2, 0.25) is 0 Å². The van der Waals surface area contributed by atoms with Crippen LogP contribution in [0, 0.1) is 0 Å². The second kappa shape index (κ2) is 6.87. The molecule has 2 nitrogen and oxygen atoms in total. The Kier molecular flexibility index (Phi) is 4.43. The van der Waals surface area contributed by atoms with E-state index in [1.54, 1.807) is 0 Å². The summed E-state index contributed by atoms with van der Waals surface area (Å²) in [6.07, 6.45) is 0. The number of nitrogens with one attached hydrogen (secondary N) is 1. The Balaban J connectivity index is 1.92. The van der Waals surface area contributed by atoms with Crippen LogP contribution in [-0.2, 0) is 10.8 Å². The Bertz CT molecular complexity index is 1490. The number of nitrogens with two attached hydrogens (primary N) is 1. The van der Waals surface area contributed by atoms with Gasteiger partial charge in [-0.15, -0.1) is 0 Å². The first-order valence-electron chi connectivity index (χ1n) is 11.4. The van der Waals surface area contributed by atoms with E-state index >= 15 is 0 Å². The van der Waals surface area contributed by atoms with Crippen molar-refractivity contribution in [1.82, 2.24) is 4.98 Å². The van der Waals surface area contributed by atoms with Gasteiger partial charge in [-0.2, -0.15) is 0 Å². The van der Waals surface area contributed by atoms with E-state index in [2.05, 4.69) is 107 Å². The van der Waals surface area contributed by atoms with E-state index < -0.39 is 0 Å². The van der Waals surface area contributed by atoms with Crippen LogP contribution in [0.5, 0.6) is 0 Å². The second-order valence-corrected chi connectivity index (χ2v) is 11.1. The van der Waals surface area contributed by atoms with Crippen LogP contribution in [0.1, 0.15) is 52.7 Å². The van der Waals surface area contributed by atoms with Crippen molar-refractivity contribution in [1.29, 1.82) is 0 Å². The first-order chi connectivity index (χ1) is 15.0. The minimum absolute atomic E-state index is 0.0395. The molecule has 0 fully saturated rings. The highest BCUT2D eigenvalue weighted by Crippen LogP contribution is 2.41. The maximum Gasteiger partial charge on any atom is 0.0544 e. The van der Waals surface area contributed by atoms with Crippen LogP contribution in [0.15, 0.2) is 66.7 Å². The Hall–Kier alpha value is -3.26. The number of aromatic amines is 1. The summed E-state index contributed by atoms with van der Waals surface area (Å²) in [6, 6.07) is 24.2. The van der Waals surface area contributed by atoms with Gasteiger partial charge in [0, 0.05) is 32.9 Å². The lowest BCUT2D eigenvalue weighted by Gasteiger charge is -2.21. The molecule has 5 rings (SSSR count). The summed E-state index contributed by atoms with van der Waals surface area (Å²) < 4.78 is 0. The van der Waals surface area contributed by atoms with E-state index in [4.69, 9.17) is 5.73 Å². The molecule has 0 radical (unpaired) electrons. The molecule has 5 aromatic rings. The lowest BCUT2D eigenvalue weighted by Crippen LogP contribution is -2.11. The van der Waals surface area contributed by atoms with Gasteiger partial charge in [0.2, 0.25) is 0 Å². The van der Waals surface area contributed by atoms with Crippen molar-refractivity contribution in [2.45, 2.75) is 52.4 Å². The van der Waals surface area contributed by atoms with E-state index in [0.717, 1.165) is 11.1 Å². The van der Waals surface area contributed by atoms with Gasteiger partial charge in [0.25, 0.3) is 0 Å². The molecular weight excluding hydrogens is 388 g/mol. The molecule has 32 heavy (non-hydrogen) atoms. The summed E-state index contributed by atoms with van der Waals surface area (Å²) in [5, 5.41) is 4.87. The quantitative estimate of drug-likeness (QED) is 0.263. The average molecular weight is 421 g/mol. The van der Waals surface area contributed by atoms with Crippen molar-refractivity contribution in [3.05, 3.63) is 77.9 Å². The molecule has 0 unspecified atom stereocenters. The van der Waals surface area contributed by atoms with Gasteiger partial charge in [-0.1, -0.05) is 77.9 Å². The van der Waals surface area contributed by atoms with Crippen LogP contribution in [0.3, 0.4) is 0 Å². The van der Waals surface area contributed by atoms with Gasteiger partial charge in [0.05, 0.1) is 5.52 Å². The molecule has 1 aromatic heterocycles. The van der Waals surface area contributed by atoms with Crippen LogP contribution in [0.4, 0.5) is 5.69 Å². The maximum atomic E-state index is 6.33. The van der Waals surface area contributed by atoms with E-state index in [9.17, 15) is 0 Å². The molecule has 0 atom stereocenters. The molecule has 4 aromatic carbocycles.